The zero-order valence-electron chi connectivity index (χ0n) is 19.6. The van der Waals surface area contributed by atoms with Crippen LogP contribution in [0.3, 0.4) is 0 Å². The number of sulfonamides is 1. The average molecular weight is 492 g/mol. The van der Waals surface area contributed by atoms with Crippen LogP contribution in [0, 0.1) is 13.8 Å². The Balaban J connectivity index is 2.00. The molecular formula is C26H25N3O5S. The highest BCUT2D eigenvalue weighted by atomic mass is 32.2. The molecule has 0 saturated heterocycles. The lowest BCUT2D eigenvalue weighted by Crippen LogP contribution is -2.18. The normalized spacial score (nSPS) is 11.4. The molecule has 0 fully saturated rings. The Bertz CT molecular complexity index is 1610. The molecule has 0 unspecified atom stereocenters. The van der Waals surface area contributed by atoms with Crippen molar-refractivity contribution in [2.75, 3.05) is 10.5 Å². The number of hydrogen-bond acceptors (Lipinski definition) is 5. The van der Waals surface area contributed by atoms with E-state index in [0.29, 0.717) is 28.4 Å². The van der Waals surface area contributed by atoms with E-state index in [4.69, 9.17) is 4.74 Å². The number of fused-ring (bicyclic) bond motifs is 1. The van der Waals surface area contributed by atoms with Gasteiger partial charge in [-0.05, 0) is 62.2 Å². The molecule has 0 radical (unpaired) electrons. The number of H-pyrrole nitrogens is 1. The molecule has 8 nitrogen and oxygen atoms in total. The summed E-state index contributed by atoms with van der Waals surface area (Å²) in [6.45, 7) is 8.89. The lowest BCUT2D eigenvalue weighted by molar-refractivity contribution is 0.104. The molecule has 4 aromatic rings. The molecule has 0 aliphatic rings. The van der Waals surface area contributed by atoms with Gasteiger partial charge in [0, 0.05) is 12.4 Å². The summed E-state index contributed by atoms with van der Waals surface area (Å²) in [5.41, 5.74) is 2.79. The van der Waals surface area contributed by atoms with Crippen molar-refractivity contribution >= 4 is 32.5 Å². The van der Waals surface area contributed by atoms with Gasteiger partial charge in [0.1, 0.15) is 11.3 Å². The molecule has 2 aromatic heterocycles. The Hall–Kier alpha value is -4.11. The Labute approximate surface area is 202 Å². The maximum atomic E-state index is 12.9. The highest BCUT2D eigenvalue weighted by Crippen LogP contribution is 2.35. The summed E-state index contributed by atoms with van der Waals surface area (Å²) in [6.07, 6.45) is 4.10. The molecule has 2 N–H and O–H groups in total. The van der Waals surface area contributed by atoms with Crippen molar-refractivity contribution in [3.8, 4) is 17.2 Å². The van der Waals surface area contributed by atoms with E-state index in [9.17, 15) is 18.0 Å². The van der Waals surface area contributed by atoms with Crippen molar-refractivity contribution in [1.82, 2.24) is 9.55 Å². The maximum absolute atomic E-state index is 12.9. The van der Waals surface area contributed by atoms with Crippen LogP contribution in [-0.2, 0) is 10.0 Å². The molecule has 9 heteroatoms. The minimum atomic E-state index is -3.54. The summed E-state index contributed by atoms with van der Waals surface area (Å²) in [6, 6.07) is 12.3. The highest BCUT2D eigenvalue weighted by molar-refractivity contribution is 7.92. The van der Waals surface area contributed by atoms with Crippen LogP contribution in [0.15, 0.2) is 72.3 Å². The van der Waals surface area contributed by atoms with Gasteiger partial charge in [-0.15, -0.1) is 0 Å². The zero-order valence-corrected chi connectivity index (χ0v) is 20.4. The number of benzene rings is 2. The van der Waals surface area contributed by atoms with Gasteiger partial charge in [-0.25, -0.2) is 8.42 Å². The number of aromatic amines is 1. The van der Waals surface area contributed by atoms with Crippen LogP contribution in [0.1, 0.15) is 28.4 Å². The number of ether oxygens (including phenoxy) is 1. The van der Waals surface area contributed by atoms with E-state index in [1.807, 2.05) is 32.0 Å². The topological polar surface area (TPSA) is 110 Å². The number of para-hydroxylation sites is 1. The molecule has 0 amide bonds. The van der Waals surface area contributed by atoms with Gasteiger partial charge < -0.3 is 14.3 Å². The zero-order chi connectivity index (χ0) is 25.3. The first-order chi connectivity index (χ1) is 16.6. The van der Waals surface area contributed by atoms with E-state index in [0.717, 1.165) is 17.2 Å². The fraction of sp³-hybridized carbons (Fsp3) is 0.154. The van der Waals surface area contributed by atoms with Crippen molar-refractivity contribution in [2.45, 2.75) is 20.8 Å². The van der Waals surface area contributed by atoms with Crippen LogP contribution in [0.25, 0.3) is 16.7 Å². The molecule has 35 heavy (non-hydrogen) atoms. The summed E-state index contributed by atoms with van der Waals surface area (Å²) in [7, 11) is -3.54. The summed E-state index contributed by atoms with van der Waals surface area (Å²) >= 11 is 0. The third-order valence-electron chi connectivity index (χ3n) is 5.66. The predicted octanol–water partition coefficient (Wildman–Crippen LogP) is 4.86. The van der Waals surface area contributed by atoms with Gasteiger partial charge in [-0.2, -0.15) is 0 Å². The number of hydrogen-bond donors (Lipinski definition) is 2. The molecule has 180 valence electrons. The van der Waals surface area contributed by atoms with Gasteiger partial charge in [-0.3, -0.25) is 14.3 Å². The van der Waals surface area contributed by atoms with E-state index >= 15 is 0 Å². The van der Waals surface area contributed by atoms with Crippen molar-refractivity contribution in [3.05, 3.63) is 94.4 Å². The largest absolute Gasteiger partial charge is 0.455 e. The molecule has 2 aromatic carbocycles. The third kappa shape index (κ3) is 4.63. The number of carbonyl (C=O) groups is 1. The van der Waals surface area contributed by atoms with Crippen molar-refractivity contribution in [1.29, 1.82) is 0 Å². The van der Waals surface area contributed by atoms with Crippen molar-refractivity contribution in [2.24, 2.45) is 0 Å². The molecular weight excluding hydrogens is 466 g/mol. The smallest absolute Gasteiger partial charge is 0.232 e. The molecule has 0 spiro atoms. The van der Waals surface area contributed by atoms with Gasteiger partial charge in [0.15, 0.2) is 11.5 Å². The average Bonchev–Trinajstić information content (AvgIpc) is 3.32. The Morgan fingerprint density at radius 3 is 2.54 bits per heavy atom. The number of aryl methyl sites for hydroxylation is 2. The van der Waals surface area contributed by atoms with Crippen LogP contribution >= 0.6 is 0 Å². The number of nitrogens with zero attached hydrogens (tertiary/aromatic N) is 1. The van der Waals surface area contributed by atoms with E-state index in [2.05, 4.69) is 16.3 Å². The van der Waals surface area contributed by atoms with Crippen LogP contribution in [0.5, 0.6) is 11.5 Å². The van der Waals surface area contributed by atoms with Crippen LogP contribution in [0.2, 0.25) is 0 Å². The van der Waals surface area contributed by atoms with Crippen molar-refractivity contribution in [3.63, 3.8) is 0 Å². The Morgan fingerprint density at radius 2 is 1.89 bits per heavy atom. The lowest BCUT2D eigenvalue weighted by atomic mass is 10.1. The van der Waals surface area contributed by atoms with Gasteiger partial charge in [0.2, 0.25) is 15.5 Å². The minimum absolute atomic E-state index is 0.0764. The second-order valence-corrected chi connectivity index (χ2v) is 10.1. The molecule has 0 atom stereocenters. The molecule has 0 bridgehead atoms. The quantitative estimate of drug-likeness (QED) is 0.270. The van der Waals surface area contributed by atoms with Gasteiger partial charge in [0.25, 0.3) is 0 Å². The number of ketones is 1. The van der Waals surface area contributed by atoms with E-state index in [1.165, 1.54) is 6.20 Å². The van der Waals surface area contributed by atoms with Crippen molar-refractivity contribution < 1.29 is 17.9 Å². The SMILES string of the molecule is C=CC(=O)c1cn(-c2cc(NS(=O)(=O)CC)ccc2Oc2c(C)cccc2C)c2cc[nH]c2c1=O. The van der Waals surface area contributed by atoms with Crippen LogP contribution < -0.4 is 14.9 Å². The molecule has 0 aliphatic carbocycles. The van der Waals surface area contributed by atoms with Crippen LogP contribution in [-0.4, -0.2) is 29.5 Å². The van der Waals surface area contributed by atoms with Crippen LogP contribution in [0.4, 0.5) is 5.69 Å². The molecule has 4 rings (SSSR count). The van der Waals surface area contributed by atoms with Gasteiger partial charge >= 0.3 is 0 Å². The molecule has 0 saturated carbocycles. The lowest BCUT2D eigenvalue weighted by Gasteiger charge is -2.19. The highest BCUT2D eigenvalue weighted by Gasteiger charge is 2.19. The fourth-order valence-corrected chi connectivity index (χ4v) is 4.43. The van der Waals surface area contributed by atoms with Gasteiger partial charge in [0.05, 0.1) is 28.2 Å². The summed E-state index contributed by atoms with van der Waals surface area (Å²) in [4.78, 5) is 28.3. The summed E-state index contributed by atoms with van der Waals surface area (Å²) < 4.78 is 35.0. The fourth-order valence-electron chi connectivity index (χ4n) is 3.80. The number of pyridine rings is 1. The number of carbonyl (C=O) groups excluding carboxylic acids is 1. The van der Waals surface area contributed by atoms with Gasteiger partial charge in [-0.1, -0.05) is 24.8 Å². The summed E-state index contributed by atoms with van der Waals surface area (Å²) in [5.74, 6) is 0.441. The van der Waals surface area contributed by atoms with E-state index < -0.39 is 21.2 Å². The number of anilines is 1. The second kappa shape index (κ2) is 9.27. The predicted molar refractivity (Wildman–Crippen MR) is 137 cm³/mol. The first-order valence-corrected chi connectivity index (χ1v) is 12.6. The Morgan fingerprint density at radius 1 is 1.17 bits per heavy atom. The molecule has 0 aliphatic heterocycles. The first-order valence-electron chi connectivity index (χ1n) is 10.9. The summed E-state index contributed by atoms with van der Waals surface area (Å²) in [5, 5.41) is 0. The second-order valence-electron chi connectivity index (χ2n) is 8.06. The Kier molecular flexibility index (Phi) is 6.36. The van der Waals surface area contributed by atoms with E-state index in [-0.39, 0.29) is 16.8 Å². The first kappa shape index (κ1) is 24.0. The monoisotopic (exact) mass is 491 g/mol. The standard InChI is InChI=1S/C26H25N3O5S/c1-5-22(30)19-15-29(20-12-13-27-24(20)25(19)31)21-14-18(28-35(32,33)6-2)10-11-23(21)34-26-16(3)8-7-9-17(26)4/h5,7-15,27-28H,1,6H2,2-4H3. The minimum Gasteiger partial charge on any atom is -0.455 e. The number of nitrogens with one attached hydrogen (secondary N) is 2. The van der Waals surface area contributed by atoms with E-state index in [1.54, 1.807) is 42.0 Å². The maximum Gasteiger partial charge on any atom is 0.232 e. The molecule has 2 heterocycles. The number of rotatable bonds is 8. The third-order valence-corrected chi connectivity index (χ3v) is 6.96. The number of aromatic nitrogens is 2. The number of allylic oxidation sites excluding steroid dienone is 1.